The first kappa shape index (κ1) is 13.0. The molecule has 0 aromatic heterocycles. The molecule has 1 saturated heterocycles. The first-order valence-corrected chi connectivity index (χ1v) is 7.76. The zero-order valence-electron chi connectivity index (χ0n) is 9.53. The minimum atomic E-state index is -3.42. The van der Waals surface area contributed by atoms with Gasteiger partial charge in [-0.05, 0) is 37.6 Å². The van der Waals surface area contributed by atoms with Crippen LogP contribution in [-0.4, -0.2) is 27.5 Å². The van der Waals surface area contributed by atoms with Crippen molar-refractivity contribution in [1.82, 2.24) is 10.0 Å². The molecule has 0 bridgehead atoms. The van der Waals surface area contributed by atoms with Gasteiger partial charge in [0.05, 0.1) is 4.90 Å². The molecule has 1 aliphatic rings. The molecule has 1 atom stereocenters. The summed E-state index contributed by atoms with van der Waals surface area (Å²) in [6.45, 7) is 3.37. The molecule has 0 spiro atoms. The standard InChI is InChI=1S/C11H15BrN2O2S/c1-8-2-3-9(12)6-11(8)17(15,16)14-10-4-5-13-7-10/h2-3,6,10,13-14H,4-5,7H2,1H3. The van der Waals surface area contributed by atoms with Gasteiger partial charge in [0.1, 0.15) is 0 Å². The van der Waals surface area contributed by atoms with Crippen molar-refractivity contribution in [3.05, 3.63) is 28.2 Å². The molecular weight excluding hydrogens is 304 g/mol. The van der Waals surface area contributed by atoms with Gasteiger partial charge in [0.15, 0.2) is 0 Å². The summed E-state index contributed by atoms with van der Waals surface area (Å²) in [5, 5.41) is 3.14. The lowest BCUT2D eigenvalue weighted by Gasteiger charge is -2.13. The van der Waals surface area contributed by atoms with Gasteiger partial charge in [-0.15, -0.1) is 0 Å². The molecule has 17 heavy (non-hydrogen) atoms. The van der Waals surface area contributed by atoms with Crippen molar-refractivity contribution in [3.63, 3.8) is 0 Å². The molecule has 2 rings (SSSR count). The van der Waals surface area contributed by atoms with Gasteiger partial charge in [-0.3, -0.25) is 0 Å². The van der Waals surface area contributed by atoms with E-state index in [1.54, 1.807) is 19.1 Å². The van der Waals surface area contributed by atoms with E-state index in [0.717, 1.165) is 23.0 Å². The van der Waals surface area contributed by atoms with Gasteiger partial charge < -0.3 is 5.32 Å². The zero-order chi connectivity index (χ0) is 12.5. The molecular formula is C11H15BrN2O2S. The van der Waals surface area contributed by atoms with Gasteiger partial charge in [-0.25, -0.2) is 13.1 Å². The Morgan fingerprint density at radius 2 is 2.24 bits per heavy atom. The Labute approximate surface area is 110 Å². The molecule has 1 heterocycles. The highest BCUT2D eigenvalue weighted by Crippen LogP contribution is 2.21. The van der Waals surface area contributed by atoms with Gasteiger partial charge in [0.2, 0.25) is 10.0 Å². The molecule has 0 saturated carbocycles. The van der Waals surface area contributed by atoms with Crippen LogP contribution in [0.3, 0.4) is 0 Å². The lowest BCUT2D eigenvalue weighted by Crippen LogP contribution is -2.36. The van der Waals surface area contributed by atoms with Crippen LogP contribution >= 0.6 is 15.9 Å². The number of halogens is 1. The summed E-state index contributed by atoms with van der Waals surface area (Å²) >= 11 is 3.30. The minimum absolute atomic E-state index is 0.00150. The summed E-state index contributed by atoms with van der Waals surface area (Å²) in [4.78, 5) is 0.346. The monoisotopic (exact) mass is 318 g/mol. The molecule has 1 unspecified atom stereocenters. The minimum Gasteiger partial charge on any atom is -0.315 e. The maximum atomic E-state index is 12.2. The maximum Gasteiger partial charge on any atom is 0.241 e. The maximum absolute atomic E-state index is 12.2. The van der Waals surface area contributed by atoms with Gasteiger partial charge in [0, 0.05) is 17.1 Å². The van der Waals surface area contributed by atoms with Crippen LogP contribution in [0.25, 0.3) is 0 Å². The topological polar surface area (TPSA) is 58.2 Å². The fraction of sp³-hybridized carbons (Fsp3) is 0.455. The summed E-state index contributed by atoms with van der Waals surface area (Å²) in [6.07, 6.45) is 0.840. The molecule has 94 valence electrons. The first-order valence-electron chi connectivity index (χ1n) is 5.48. The first-order chi connectivity index (χ1) is 7.99. The number of rotatable bonds is 3. The fourth-order valence-corrected chi connectivity index (χ4v) is 3.96. The van der Waals surface area contributed by atoms with Crippen LogP contribution in [0.1, 0.15) is 12.0 Å². The number of benzene rings is 1. The Morgan fingerprint density at radius 1 is 1.47 bits per heavy atom. The van der Waals surface area contributed by atoms with Crippen LogP contribution in [0.2, 0.25) is 0 Å². The average Bonchev–Trinajstić information content (AvgIpc) is 2.73. The molecule has 1 aromatic carbocycles. The predicted molar refractivity (Wildman–Crippen MR) is 70.5 cm³/mol. The molecule has 1 fully saturated rings. The largest absolute Gasteiger partial charge is 0.315 e. The van der Waals surface area contributed by atoms with Crippen LogP contribution < -0.4 is 10.0 Å². The van der Waals surface area contributed by atoms with Crippen molar-refractivity contribution in [1.29, 1.82) is 0 Å². The highest BCUT2D eigenvalue weighted by Gasteiger charge is 2.23. The van der Waals surface area contributed by atoms with Crippen molar-refractivity contribution in [2.24, 2.45) is 0 Å². The molecule has 6 heteroatoms. The van der Waals surface area contributed by atoms with Crippen LogP contribution in [0.5, 0.6) is 0 Å². The number of aryl methyl sites for hydroxylation is 1. The lowest BCUT2D eigenvalue weighted by atomic mass is 10.2. The molecule has 0 amide bonds. The number of nitrogens with one attached hydrogen (secondary N) is 2. The predicted octanol–water partition coefficient (Wildman–Crippen LogP) is 1.40. The van der Waals surface area contributed by atoms with E-state index in [1.807, 2.05) is 6.07 Å². The normalized spacial score (nSPS) is 20.7. The summed E-state index contributed by atoms with van der Waals surface area (Å²) in [5.41, 5.74) is 0.756. The fourth-order valence-electron chi connectivity index (χ4n) is 1.90. The quantitative estimate of drug-likeness (QED) is 0.885. The molecule has 2 N–H and O–H groups in total. The summed E-state index contributed by atoms with van der Waals surface area (Å²) in [7, 11) is -3.42. The number of hydrogen-bond donors (Lipinski definition) is 2. The lowest BCUT2D eigenvalue weighted by molar-refractivity contribution is 0.559. The zero-order valence-corrected chi connectivity index (χ0v) is 11.9. The van der Waals surface area contributed by atoms with E-state index in [-0.39, 0.29) is 6.04 Å². The van der Waals surface area contributed by atoms with E-state index >= 15 is 0 Å². The molecule has 0 radical (unpaired) electrons. The van der Waals surface area contributed by atoms with E-state index in [0.29, 0.717) is 11.4 Å². The van der Waals surface area contributed by atoms with Crippen LogP contribution in [0, 0.1) is 6.92 Å². The highest BCUT2D eigenvalue weighted by molar-refractivity contribution is 9.10. The Bertz CT molecular complexity index is 510. The Hall–Kier alpha value is -0.430. The SMILES string of the molecule is Cc1ccc(Br)cc1S(=O)(=O)NC1CCNC1. The van der Waals surface area contributed by atoms with Crippen LogP contribution in [-0.2, 0) is 10.0 Å². The third-order valence-corrected chi connectivity index (χ3v) is 4.98. The number of hydrogen-bond acceptors (Lipinski definition) is 3. The molecule has 1 aromatic rings. The van der Waals surface area contributed by atoms with Gasteiger partial charge in [0.25, 0.3) is 0 Å². The second-order valence-corrected chi connectivity index (χ2v) is 6.82. The van der Waals surface area contributed by atoms with E-state index in [9.17, 15) is 8.42 Å². The van der Waals surface area contributed by atoms with Crippen molar-refractivity contribution in [2.75, 3.05) is 13.1 Å². The Balaban J connectivity index is 2.27. The second-order valence-electron chi connectivity index (χ2n) is 4.22. The van der Waals surface area contributed by atoms with Crippen molar-refractivity contribution in [2.45, 2.75) is 24.3 Å². The average molecular weight is 319 g/mol. The Morgan fingerprint density at radius 3 is 2.88 bits per heavy atom. The van der Waals surface area contributed by atoms with Crippen molar-refractivity contribution >= 4 is 26.0 Å². The van der Waals surface area contributed by atoms with Gasteiger partial charge >= 0.3 is 0 Å². The molecule has 0 aliphatic carbocycles. The summed E-state index contributed by atoms with van der Waals surface area (Å²) < 4.78 is 27.9. The third-order valence-electron chi connectivity index (χ3n) is 2.82. The van der Waals surface area contributed by atoms with Gasteiger partial charge in [-0.1, -0.05) is 22.0 Å². The van der Waals surface area contributed by atoms with Crippen LogP contribution in [0.4, 0.5) is 0 Å². The third kappa shape index (κ3) is 3.07. The van der Waals surface area contributed by atoms with E-state index < -0.39 is 10.0 Å². The summed E-state index contributed by atoms with van der Waals surface area (Å²) in [6, 6.07) is 5.27. The second kappa shape index (κ2) is 5.06. The Kier molecular flexibility index (Phi) is 3.87. The van der Waals surface area contributed by atoms with Gasteiger partial charge in [-0.2, -0.15) is 0 Å². The highest BCUT2D eigenvalue weighted by atomic mass is 79.9. The molecule has 1 aliphatic heterocycles. The van der Waals surface area contributed by atoms with E-state index in [4.69, 9.17) is 0 Å². The summed E-state index contributed by atoms with van der Waals surface area (Å²) in [5.74, 6) is 0. The van der Waals surface area contributed by atoms with E-state index in [2.05, 4.69) is 26.0 Å². The van der Waals surface area contributed by atoms with Crippen LogP contribution in [0.15, 0.2) is 27.6 Å². The smallest absolute Gasteiger partial charge is 0.241 e. The van der Waals surface area contributed by atoms with Crippen molar-refractivity contribution < 1.29 is 8.42 Å². The van der Waals surface area contributed by atoms with E-state index in [1.165, 1.54) is 0 Å². The number of sulfonamides is 1. The van der Waals surface area contributed by atoms with Crippen molar-refractivity contribution in [3.8, 4) is 0 Å². The molecule has 4 nitrogen and oxygen atoms in total.